The van der Waals surface area contributed by atoms with E-state index >= 15 is 0 Å². The van der Waals surface area contributed by atoms with Crippen LogP contribution in [0.3, 0.4) is 0 Å². The standard InChI is InChI=1S/C22H20Br2O2/c1-3-11-25-21-15-7-9-17(23)13-5-6-14-18(24)10-8-16(20(14)19(13)15)22(21)26-12-4-2/h5-10H,3-4,11-12H2,1-2H3. The molecule has 4 heteroatoms. The van der Waals surface area contributed by atoms with Gasteiger partial charge in [0.15, 0.2) is 11.5 Å². The van der Waals surface area contributed by atoms with E-state index in [0.29, 0.717) is 13.2 Å². The Labute approximate surface area is 170 Å². The van der Waals surface area contributed by atoms with E-state index in [9.17, 15) is 0 Å². The molecule has 0 fully saturated rings. The van der Waals surface area contributed by atoms with Gasteiger partial charge in [-0.1, -0.05) is 57.8 Å². The summed E-state index contributed by atoms with van der Waals surface area (Å²) in [5.41, 5.74) is 0. The summed E-state index contributed by atoms with van der Waals surface area (Å²) < 4.78 is 14.6. The molecule has 0 bridgehead atoms. The highest BCUT2D eigenvalue weighted by atomic mass is 79.9. The number of rotatable bonds is 6. The minimum absolute atomic E-state index is 0.674. The van der Waals surface area contributed by atoms with E-state index in [1.807, 2.05) is 0 Å². The fourth-order valence-corrected chi connectivity index (χ4v) is 4.46. The van der Waals surface area contributed by atoms with Gasteiger partial charge in [0.2, 0.25) is 0 Å². The first kappa shape index (κ1) is 17.9. The van der Waals surface area contributed by atoms with Gasteiger partial charge < -0.3 is 9.47 Å². The van der Waals surface area contributed by atoms with Gasteiger partial charge in [-0.15, -0.1) is 0 Å². The molecule has 134 valence electrons. The van der Waals surface area contributed by atoms with E-state index in [-0.39, 0.29) is 0 Å². The van der Waals surface area contributed by atoms with Gasteiger partial charge in [-0.25, -0.2) is 0 Å². The van der Waals surface area contributed by atoms with Gasteiger partial charge in [0.05, 0.1) is 13.2 Å². The monoisotopic (exact) mass is 474 g/mol. The van der Waals surface area contributed by atoms with E-state index in [2.05, 4.69) is 82.1 Å². The highest BCUT2D eigenvalue weighted by Crippen LogP contribution is 2.49. The molecule has 0 heterocycles. The van der Waals surface area contributed by atoms with Crippen molar-refractivity contribution in [2.75, 3.05) is 13.2 Å². The number of hydrogen-bond acceptors (Lipinski definition) is 2. The average molecular weight is 476 g/mol. The second-order valence-corrected chi connectivity index (χ2v) is 8.16. The molecule has 0 unspecified atom stereocenters. The highest BCUT2D eigenvalue weighted by molar-refractivity contribution is 9.11. The van der Waals surface area contributed by atoms with Crippen LogP contribution < -0.4 is 9.47 Å². The Bertz CT molecular complexity index is 1000. The normalized spacial score (nSPS) is 11.7. The Hall–Kier alpha value is -1.52. The molecule has 4 aromatic carbocycles. The van der Waals surface area contributed by atoms with Gasteiger partial charge in [-0.05, 0) is 47.9 Å². The van der Waals surface area contributed by atoms with E-state index in [1.165, 1.54) is 21.5 Å². The molecule has 26 heavy (non-hydrogen) atoms. The van der Waals surface area contributed by atoms with Crippen LogP contribution in [0.5, 0.6) is 11.5 Å². The van der Waals surface area contributed by atoms with Crippen LogP contribution in [0, 0.1) is 0 Å². The third-order valence-electron chi connectivity index (χ3n) is 4.65. The number of benzene rings is 4. The lowest BCUT2D eigenvalue weighted by Crippen LogP contribution is -2.03. The molecule has 0 aliphatic rings. The van der Waals surface area contributed by atoms with Gasteiger partial charge in [-0.3, -0.25) is 0 Å². The molecular weight excluding hydrogens is 456 g/mol. The second-order valence-electron chi connectivity index (χ2n) is 6.46. The molecule has 0 atom stereocenters. The molecule has 0 saturated carbocycles. The first-order chi connectivity index (χ1) is 12.7. The Morgan fingerprint density at radius 3 is 1.38 bits per heavy atom. The smallest absolute Gasteiger partial charge is 0.169 e. The van der Waals surface area contributed by atoms with Crippen LogP contribution in [0.15, 0.2) is 45.3 Å². The third-order valence-corrected chi connectivity index (χ3v) is 6.03. The van der Waals surface area contributed by atoms with E-state index < -0.39 is 0 Å². The van der Waals surface area contributed by atoms with E-state index in [1.54, 1.807) is 0 Å². The fraction of sp³-hybridized carbons (Fsp3) is 0.273. The molecule has 0 spiro atoms. The van der Waals surface area contributed by atoms with Crippen LogP contribution in [0.1, 0.15) is 26.7 Å². The molecular formula is C22H20Br2O2. The number of hydrogen-bond donors (Lipinski definition) is 0. The maximum Gasteiger partial charge on any atom is 0.169 e. The van der Waals surface area contributed by atoms with Crippen molar-refractivity contribution in [3.63, 3.8) is 0 Å². The third kappa shape index (κ3) is 2.74. The van der Waals surface area contributed by atoms with Crippen LogP contribution in [0.2, 0.25) is 0 Å². The maximum atomic E-state index is 6.22. The summed E-state index contributed by atoms with van der Waals surface area (Å²) >= 11 is 7.43. The molecule has 0 aliphatic heterocycles. The van der Waals surface area contributed by atoms with Crippen LogP contribution in [0.25, 0.3) is 32.3 Å². The topological polar surface area (TPSA) is 18.5 Å². The molecule has 0 radical (unpaired) electrons. The van der Waals surface area contributed by atoms with Crippen molar-refractivity contribution in [2.24, 2.45) is 0 Å². The van der Waals surface area contributed by atoms with E-state index in [0.717, 1.165) is 44.1 Å². The van der Waals surface area contributed by atoms with Crippen molar-refractivity contribution < 1.29 is 9.47 Å². The summed E-state index contributed by atoms with van der Waals surface area (Å²) in [6, 6.07) is 12.8. The van der Waals surface area contributed by atoms with Crippen molar-refractivity contribution >= 4 is 64.2 Å². The minimum atomic E-state index is 0.674. The summed E-state index contributed by atoms with van der Waals surface area (Å²) in [6.07, 6.45) is 1.92. The predicted octanol–water partition coefficient (Wildman–Crippen LogP) is 7.69. The number of halogens is 2. The zero-order chi connectivity index (χ0) is 18.3. The first-order valence-corrected chi connectivity index (χ1v) is 10.6. The van der Waals surface area contributed by atoms with Crippen molar-refractivity contribution in [1.82, 2.24) is 0 Å². The molecule has 0 N–H and O–H groups in total. The summed E-state index contributed by atoms with van der Waals surface area (Å²) in [5.74, 6) is 1.72. The van der Waals surface area contributed by atoms with Gasteiger partial charge in [0.1, 0.15) is 0 Å². The van der Waals surface area contributed by atoms with Crippen molar-refractivity contribution in [2.45, 2.75) is 26.7 Å². The number of ether oxygens (including phenoxy) is 2. The van der Waals surface area contributed by atoms with Gasteiger partial charge in [-0.2, -0.15) is 0 Å². The largest absolute Gasteiger partial charge is 0.489 e. The lowest BCUT2D eigenvalue weighted by Gasteiger charge is -2.21. The Kier molecular flexibility index (Phi) is 4.98. The van der Waals surface area contributed by atoms with Crippen molar-refractivity contribution in [3.8, 4) is 11.5 Å². The zero-order valence-corrected chi connectivity index (χ0v) is 18.0. The first-order valence-electron chi connectivity index (χ1n) is 9.01. The summed E-state index contributed by atoms with van der Waals surface area (Å²) in [4.78, 5) is 0. The molecule has 4 rings (SSSR count). The van der Waals surface area contributed by atoms with Gasteiger partial charge in [0.25, 0.3) is 0 Å². The molecule has 0 aliphatic carbocycles. The SMILES string of the molecule is CCCOc1c(OCCC)c2ccc(Br)c3ccc4c(Br)ccc1c4c32. The van der Waals surface area contributed by atoms with Crippen LogP contribution >= 0.6 is 31.9 Å². The molecule has 2 nitrogen and oxygen atoms in total. The highest BCUT2D eigenvalue weighted by Gasteiger charge is 2.21. The minimum Gasteiger partial charge on any atom is -0.489 e. The maximum absolute atomic E-state index is 6.22. The Balaban J connectivity index is 2.20. The van der Waals surface area contributed by atoms with Crippen LogP contribution in [-0.4, -0.2) is 13.2 Å². The van der Waals surface area contributed by atoms with Crippen LogP contribution in [-0.2, 0) is 0 Å². The Morgan fingerprint density at radius 1 is 0.615 bits per heavy atom. The summed E-state index contributed by atoms with van der Waals surface area (Å²) in [5, 5.41) is 7.06. The van der Waals surface area contributed by atoms with Gasteiger partial charge >= 0.3 is 0 Å². The summed E-state index contributed by atoms with van der Waals surface area (Å²) in [7, 11) is 0. The fourth-order valence-electron chi connectivity index (χ4n) is 3.54. The van der Waals surface area contributed by atoms with Crippen LogP contribution in [0.4, 0.5) is 0 Å². The predicted molar refractivity (Wildman–Crippen MR) is 117 cm³/mol. The molecule has 0 saturated heterocycles. The average Bonchev–Trinajstić information content (AvgIpc) is 2.66. The van der Waals surface area contributed by atoms with E-state index in [4.69, 9.17) is 9.47 Å². The van der Waals surface area contributed by atoms with Crippen molar-refractivity contribution in [1.29, 1.82) is 0 Å². The Morgan fingerprint density at radius 2 is 1.00 bits per heavy atom. The lowest BCUT2D eigenvalue weighted by atomic mass is 9.93. The van der Waals surface area contributed by atoms with Gasteiger partial charge in [0, 0.05) is 30.5 Å². The second kappa shape index (κ2) is 7.24. The quantitative estimate of drug-likeness (QED) is 0.266. The molecule has 0 amide bonds. The zero-order valence-electron chi connectivity index (χ0n) is 14.9. The molecule has 0 aromatic heterocycles. The van der Waals surface area contributed by atoms with Crippen molar-refractivity contribution in [3.05, 3.63) is 45.3 Å². The summed E-state index contributed by atoms with van der Waals surface area (Å²) in [6.45, 7) is 5.60. The molecule has 4 aromatic rings. The lowest BCUT2D eigenvalue weighted by molar-refractivity contribution is 0.274.